The zero-order valence-corrected chi connectivity index (χ0v) is 14.1. The van der Waals surface area contributed by atoms with Gasteiger partial charge < -0.3 is 14.8 Å². The standard InChI is InChI=1S/C19H20N2O4/c1-12(2)25-14-9-7-13(8-10-14)17(22)11-21-18(23)15-5-3-4-6-16(15)20-19(21)24/h3-10,12,17,22H,11H2,1-2H3,(H,20,24). The van der Waals surface area contributed by atoms with E-state index in [2.05, 4.69) is 4.98 Å². The van der Waals surface area contributed by atoms with Crippen molar-refractivity contribution in [1.29, 1.82) is 0 Å². The Morgan fingerprint density at radius 1 is 1.08 bits per heavy atom. The minimum Gasteiger partial charge on any atom is -0.491 e. The van der Waals surface area contributed by atoms with Gasteiger partial charge in [-0.05, 0) is 43.7 Å². The van der Waals surface area contributed by atoms with Gasteiger partial charge >= 0.3 is 5.69 Å². The summed E-state index contributed by atoms with van der Waals surface area (Å²) in [7, 11) is 0. The number of hydrogen-bond donors (Lipinski definition) is 2. The van der Waals surface area contributed by atoms with Crippen molar-refractivity contribution >= 4 is 10.9 Å². The van der Waals surface area contributed by atoms with Gasteiger partial charge in [0.1, 0.15) is 5.75 Å². The number of aromatic amines is 1. The summed E-state index contributed by atoms with van der Waals surface area (Å²) < 4.78 is 6.58. The Labute approximate surface area is 144 Å². The molecule has 2 aromatic carbocycles. The normalized spacial score (nSPS) is 12.5. The topological polar surface area (TPSA) is 84.3 Å². The molecule has 0 saturated carbocycles. The number of rotatable bonds is 5. The molecule has 0 bridgehead atoms. The van der Waals surface area contributed by atoms with Crippen LogP contribution in [0.2, 0.25) is 0 Å². The number of para-hydroxylation sites is 1. The fraction of sp³-hybridized carbons (Fsp3) is 0.263. The Hall–Kier alpha value is -2.86. The van der Waals surface area contributed by atoms with E-state index in [0.29, 0.717) is 22.2 Å². The number of benzene rings is 2. The molecule has 0 amide bonds. The molecule has 6 nitrogen and oxygen atoms in total. The first kappa shape index (κ1) is 17.0. The lowest BCUT2D eigenvalue weighted by atomic mass is 10.1. The average Bonchev–Trinajstić information content (AvgIpc) is 2.58. The number of ether oxygens (including phenoxy) is 1. The third-order valence-corrected chi connectivity index (χ3v) is 3.88. The molecule has 25 heavy (non-hydrogen) atoms. The SMILES string of the molecule is CC(C)Oc1ccc(C(O)Cn2c(=O)[nH]c3ccccc3c2=O)cc1. The molecule has 2 N–H and O–H groups in total. The smallest absolute Gasteiger partial charge is 0.328 e. The van der Waals surface area contributed by atoms with Gasteiger partial charge in [-0.25, -0.2) is 4.79 Å². The van der Waals surface area contributed by atoms with E-state index >= 15 is 0 Å². The maximum atomic E-state index is 12.5. The lowest BCUT2D eigenvalue weighted by molar-refractivity contribution is 0.153. The summed E-state index contributed by atoms with van der Waals surface area (Å²) in [6.07, 6.45) is -0.918. The van der Waals surface area contributed by atoms with Crippen LogP contribution in [-0.4, -0.2) is 20.8 Å². The third-order valence-electron chi connectivity index (χ3n) is 3.88. The highest BCUT2D eigenvalue weighted by atomic mass is 16.5. The van der Waals surface area contributed by atoms with Gasteiger partial charge in [0.05, 0.1) is 29.7 Å². The molecular formula is C19H20N2O4. The van der Waals surface area contributed by atoms with Crippen LogP contribution >= 0.6 is 0 Å². The van der Waals surface area contributed by atoms with Crippen LogP contribution < -0.4 is 16.0 Å². The van der Waals surface area contributed by atoms with Gasteiger partial charge in [0.25, 0.3) is 5.56 Å². The van der Waals surface area contributed by atoms with E-state index in [-0.39, 0.29) is 12.6 Å². The number of aliphatic hydroxyl groups excluding tert-OH is 1. The number of H-pyrrole nitrogens is 1. The fourth-order valence-corrected chi connectivity index (χ4v) is 2.68. The molecule has 0 saturated heterocycles. The number of aromatic nitrogens is 2. The zero-order valence-electron chi connectivity index (χ0n) is 14.1. The predicted octanol–water partition coefficient (Wildman–Crippen LogP) is 2.21. The molecule has 3 aromatic rings. The Balaban J connectivity index is 1.88. The molecule has 0 aliphatic rings. The van der Waals surface area contributed by atoms with Gasteiger partial charge in [0, 0.05) is 0 Å². The number of fused-ring (bicyclic) bond motifs is 1. The second-order valence-electron chi connectivity index (χ2n) is 6.14. The summed E-state index contributed by atoms with van der Waals surface area (Å²) >= 11 is 0. The first-order valence-electron chi connectivity index (χ1n) is 8.12. The predicted molar refractivity (Wildman–Crippen MR) is 96.0 cm³/mol. The van der Waals surface area contributed by atoms with E-state index in [9.17, 15) is 14.7 Å². The summed E-state index contributed by atoms with van der Waals surface area (Å²) in [6, 6.07) is 13.8. The van der Waals surface area contributed by atoms with Crippen molar-refractivity contribution in [3.05, 3.63) is 74.9 Å². The lowest BCUT2D eigenvalue weighted by Crippen LogP contribution is -2.36. The molecule has 0 radical (unpaired) electrons. The van der Waals surface area contributed by atoms with Crippen molar-refractivity contribution in [2.75, 3.05) is 0 Å². The van der Waals surface area contributed by atoms with E-state index in [4.69, 9.17) is 4.74 Å². The van der Waals surface area contributed by atoms with Crippen LogP contribution in [0.5, 0.6) is 5.75 Å². The Bertz CT molecular complexity index is 987. The molecule has 0 spiro atoms. The summed E-state index contributed by atoms with van der Waals surface area (Å²) in [5.74, 6) is 0.701. The highest BCUT2D eigenvalue weighted by Gasteiger charge is 2.14. The quantitative estimate of drug-likeness (QED) is 0.746. The highest BCUT2D eigenvalue weighted by molar-refractivity contribution is 5.76. The van der Waals surface area contributed by atoms with Gasteiger partial charge in [-0.15, -0.1) is 0 Å². The second kappa shape index (κ2) is 6.94. The Morgan fingerprint density at radius 3 is 2.44 bits per heavy atom. The minimum absolute atomic E-state index is 0.0607. The van der Waals surface area contributed by atoms with Crippen LogP contribution in [0.3, 0.4) is 0 Å². The average molecular weight is 340 g/mol. The van der Waals surface area contributed by atoms with Crippen molar-refractivity contribution in [1.82, 2.24) is 9.55 Å². The van der Waals surface area contributed by atoms with Gasteiger partial charge in [-0.2, -0.15) is 0 Å². The highest BCUT2D eigenvalue weighted by Crippen LogP contribution is 2.19. The van der Waals surface area contributed by atoms with Crippen LogP contribution in [0.1, 0.15) is 25.5 Å². The van der Waals surface area contributed by atoms with E-state index in [1.165, 1.54) is 0 Å². The van der Waals surface area contributed by atoms with Crippen molar-refractivity contribution in [3.63, 3.8) is 0 Å². The van der Waals surface area contributed by atoms with Crippen molar-refractivity contribution in [2.24, 2.45) is 0 Å². The molecule has 0 aliphatic carbocycles. The minimum atomic E-state index is -0.979. The summed E-state index contributed by atoms with van der Waals surface area (Å²) in [6.45, 7) is 3.74. The Morgan fingerprint density at radius 2 is 1.76 bits per heavy atom. The number of aliphatic hydroxyl groups is 1. The van der Waals surface area contributed by atoms with E-state index in [1.54, 1.807) is 48.5 Å². The maximum absolute atomic E-state index is 12.5. The third kappa shape index (κ3) is 3.64. The van der Waals surface area contributed by atoms with Gasteiger partial charge in [-0.1, -0.05) is 24.3 Å². The monoisotopic (exact) mass is 340 g/mol. The van der Waals surface area contributed by atoms with E-state index in [0.717, 1.165) is 4.57 Å². The molecule has 130 valence electrons. The first-order valence-corrected chi connectivity index (χ1v) is 8.12. The Kier molecular flexibility index (Phi) is 4.72. The first-order chi connectivity index (χ1) is 12.0. The lowest BCUT2D eigenvalue weighted by Gasteiger charge is -2.14. The molecule has 0 aliphatic heterocycles. The number of nitrogens with one attached hydrogen (secondary N) is 1. The molecule has 1 atom stereocenters. The van der Waals surface area contributed by atoms with Crippen LogP contribution in [-0.2, 0) is 6.54 Å². The zero-order chi connectivity index (χ0) is 18.0. The van der Waals surface area contributed by atoms with E-state index in [1.807, 2.05) is 13.8 Å². The molecule has 1 unspecified atom stereocenters. The summed E-state index contributed by atoms with van der Waals surface area (Å²) in [5.41, 5.74) is 0.134. The largest absolute Gasteiger partial charge is 0.491 e. The molecule has 1 heterocycles. The van der Waals surface area contributed by atoms with Crippen molar-refractivity contribution < 1.29 is 9.84 Å². The summed E-state index contributed by atoms with van der Waals surface area (Å²) in [4.78, 5) is 27.3. The van der Waals surface area contributed by atoms with Crippen LogP contribution in [0.25, 0.3) is 10.9 Å². The molecule has 6 heteroatoms. The summed E-state index contributed by atoms with van der Waals surface area (Å²) in [5, 5.41) is 10.8. The van der Waals surface area contributed by atoms with Crippen molar-refractivity contribution in [3.8, 4) is 5.75 Å². The maximum Gasteiger partial charge on any atom is 0.328 e. The number of hydrogen-bond acceptors (Lipinski definition) is 4. The molecule has 1 aromatic heterocycles. The fourth-order valence-electron chi connectivity index (χ4n) is 2.68. The molecule has 3 rings (SSSR count). The van der Waals surface area contributed by atoms with Gasteiger partial charge in [-0.3, -0.25) is 9.36 Å². The van der Waals surface area contributed by atoms with Crippen LogP contribution in [0.4, 0.5) is 0 Å². The van der Waals surface area contributed by atoms with Crippen LogP contribution in [0.15, 0.2) is 58.1 Å². The van der Waals surface area contributed by atoms with E-state index < -0.39 is 17.4 Å². The second-order valence-corrected chi connectivity index (χ2v) is 6.14. The molecular weight excluding hydrogens is 320 g/mol. The van der Waals surface area contributed by atoms with Gasteiger partial charge in [0.15, 0.2) is 0 Å². The molecule has 0 fully saturated rings. The van der Waals surface area contributed by atoms with Crippen molar-refractivity contribution in [2.45, 2.75) is 32.6 Å². The number of nitrogens with zero attached hydrogens (tertiary/aromatic N) is 1. The van der Waals surface area contributed by atoms with Gasteiger partial charge in [0.2, 0.25) is 0 Å². The van der Waals surface area contributed by atoms with Crippen LogP contribution in [0, 0.1) is 0 Å².